The molecular weight excluding hydrogens is 504 g/mol. The van der Waals surface area contributed by atoms with Gasteiger partial charge in [-0.3, -0.25) is 14.5 Å². The van der Waals surface area contributed by atoms with Crippen molar-refractivity contribution in [3.63, 3.8) is 0 Å². The first kappa shape index (κ1) is 28.1. The van der Waals surface area contributed by atoms with Crippen LogP contribution in [0.4, 0.5) is 0 Å². The number of nitrogens with one attached hydrogen (secondary N) is 1. The van der Waals surface area contributed by atoms with Gasteiger partial charge >= 0.3 is 0 Å². The number of rotatable bonds is 8. The van der Waals surface area contributed by atoms with E-state index in [-0.39, 0.29) is 30.3 Å². The van der Waals surface area contributed by atoms with Crippen molar-refractivity contribution in [3.05, 3.63) is 41.4 Å². The van der Waals surface area contributed by atoms with Gasteiger partial charge in [0, 0.05) is 37.1 Å². The van der Waals surface area contributed by atoms with Gasteiger partial charge in [0.15, 0.2) is 0 Å². The number of thiazole rings is 1. The zero-order valence-electron chi connectivity index (χ0n) is 22.0. The summed E-state index contributed by atoms with van der Waals surface area (Å²) in [5.74, 6) is 0.809. The summed E-state index contributed by atoms with van der Waals surface area (Å²) in [6, 6.07) is 9.96. The van der Waals surface area contributed by atoms with E-state index in [4.69, 9.17) is 4.98 Å². The first-order valence-corrected chi connectivity index (χ1v) is 14.8. The molecule has 2 aliphatic heterocycles. The summed E-state index contributed by atoms with van der Waals surface area (Å²) in [5, 5.41) is 6.40. The minimum atomic E-state index is -0.691. The van der Waals surface area contributed by atoms with Crippen molar-refractivity contribution >= 4 is 35.6 Å². The van der Waals surface area contributed by atoms with E-state index in [1.54, 1.807) is 11.3 Å². The molecule has 8 heteroatoms. The van der Waals surface area contributed by atoms with Crippen molar-refractivity contribution in [3.8, 4) is 10.6 Å². The fourth-order valence-electron chi connectivity index (χ4n) is 6.33. The average Bonchev–Trinajstić information content (AvgIpc) is 3.38. The predicted molar refractivity (Wildman–Crippen MR) is 152 cm³/mol. The minimum absolute atomic E-state index is 0. The molecule has 3 fully saturated rings. The number of amides is 2. The van der Waals surface area contributed by atoms with Gasteiger partial charge in [0.25, 0.3) is 0 Å². The van der Waals surface area contributed by atoms with E-state index < -0.39 is 5.54 Å². The topological polar surface area (TPSA) is 65.5 Å². The number of halogens is 1. The molecule has 202 valence electrons. The molecule has 3 heterocycles. The second kappa shape index (κ2) is 12.7. The SMILES string of the molecule is CCCCN1C(=O)C(CC2CCCCC2)NC(=O)C12CCN(Cc1csc(-c3ccccc3)n1)CC2.Cl. The largest absolute Gasteiger partial charge is 0.342 e. The van der Waals surface area contributed by atoms with Crippen LogP contribution in [0.5, 0.6) is 0 Å². The highest BCUT2D eigenvalue weighted by Crippen LogP contribution is 2.36. The van der Waals surface area contributed by atoms with Crippen LogP contribution >= 0.6 is 23.7 Å². The lowest BCUT2D eigenvalue weighted by atomic mass is 9.79. The highest BCUT2D eigenvalue weighted by molar-refractivity contribution is 7.13. The van der Waals surface area contributed by atoms with Crippen LogP contribution in [0.1, 0.15) is 76.8 Å². The molecule has 3 aliphatic rings. The lowest BCUT2D eigenvalue weighted by Gasteiger charge is -2.52. The number of piperidine rings is 1. The molecule has 1 unspecified atom stereocenters. The minimum Gasteiger partial charge on any atom is -0.342 e. The Balaban J connectivity index is 0.00000320. The van der Waals surface area contributed by atoms with Crippen LogP contribution in [0.2, 0.25) is 0 Å². The van der Waals surface area contributed by atoms with Gasteiger partial charge in [0.1, 0.15) is 16.6 Å². The van der Waals surface area contributed by atoms with Gasteiger partial charge in [-0.05, 0) is 31.6 Å². The van der Waals surface area contributed by atoms with Crippen LogP contribution in [0.25, 0.3) is 10.6 Å². The molecule has 1 aromatic heterocycles. The van der Waals surface area contributed by atoms with E-state index in [1.807, 2.05) is 23.1 Å². The van der Waals surface area contributed by atoms with E-state index in [1.165, 1.54) is 32.1 Å². The number of piperazine rings is 1. The van der Waals surface area contributed by atoms with E-state index in [0.717, 1.165) is 55.2 Å². The number of carbonyl (C=O) groups excluding carboxylic acids is 2. The van der Waals surface area contributed by atoms with Gasteiger partial charge < -0.3 is 10.2 Å². The fourth-order valence-corrected chi connectivity index (χ4v) is 7.15. The van der Waals surface area contributed by atoms with Crippen molar-refractivity contribution in [1.29, 1.82) is 0 Å². The van der Waals surface area contributed by atoms with Crippen LogP contribution in [-0.4, -0.2) is 57.8 Å². The van der Waals surface area contributed by atoms with Crippen LogP contribution in [0, 0.1) is 5.92 Å². The van der Waals surface area contributed by atoms with Gasteiger partial charge in [0.05, 0.1) is 5.69 Å². The third kappa shape index (κ3) is 6.21. The maximum atomic E-state index is 13.7. The van der Waals surface area contributed by atoms with E-state index in [9.17, 15) is 9.59 Å². The number of unbranched alkanes of at least 4 members (excludes halogenated alkanes) is 1. The number of hydrogen-bond acceptors (Lipinski definition) is 5. The van der Waals surface area contributed by atoms with Crippen molar-refractivity contribution in [1.82, 2.24) is 20.1 Å². The molecule has 1 aliphatic carbocycles. The molecule has 1 N–H and O–H groups in total. The van der Waals surface area contributed by atoms with Crippen LogP contribution < -0.4 is 5.32 Å². The van der Waals surface area contributed by atoms with Crippen molar-refractivity contribution in [2.24, 2.45) is 5.92 Å². The standard InChI is InChI=1S/C29H40N4O2S.ClH/c1-2-3-16-33-27(34)25(19-22-10-6-4-7-11-22)31-28(35)29(33)14-17-32(18-15-29)20-24-21-36-26(30-24)23-12-8-5-9-13-23;/h5,8-9,12-13,21-22,25H,2-4,6-7,10-11,14-20H2,1H3,(H,31,35);1H. The summed E-state index contributed by atoms with van der Waals surface area (Å²) in [6.45, 7) is 5.23. The van der Waals surface area contributed by atoms with Crippen molar-refractivity contribution in [2.45, 2.75) is 89.3 Å². The Labute approximate surface area is 231 Å². The highest BCUT2D eigenvalue weighted by Gasteiger charge is 2.53. The van der Waals surface area contributed by atoms with Gasteiger partial charge in [-0.15, -0.1) is 23.7 Å². The molecule has 0 radical (unpaired) electrons. The summed E-state index contributed by atoms with van der Waals surface area (Å²) in [7, 11) is 0. The van der Waals surface area contributed by atoms with Gasteiger partial charge in [-0.1, -0.05) is 75.8 Å². The number of aromatic nitrogens is 1. The monoisotopic (exact) mass is 544 g/mol. The second-order valence-electron chi connectivity index (χ2n) is 10.9. The van der Waals surface area contributed by atoms with Crippen LogP contribution in [-0.2, 0) is 16.1 Å². The summed E-state index contributed by atoms with van der Waals surface area (Å²) in [4.78, 5) is 36.6. The number of hydrogen-bond donors (Lipinski definition) is 1. The van der Waals surface area contributed by atoms with Gasteiger partial charge in [0.2, 0.25) is 11.8 Å². The number of carbonyl (C=O) groups is 2. The quantitative estimate of drug-likeness (QED) is 0.465. The van der Waals surface area contributed by atoms with Crippen LogP contribution in [0.3, 0.4) is 0 Å². The summed E-state index contributed by atoms with van der Waals surface area (Å²) in [5.41, 5.74) is 1.54. The molecule has 37 heavy (non-hydrogen) atoms. The molecule has 5 rings (SSSR count). The molecule has 1 spiro atoms. The number of nitrogens with zero attached hydrogens (tertiary/aromatic N) is 3. The Morgan fingerprint density at radius 2 is 1.81 bits per heavy atom. The van der Waals surface area contributed by atoms with E-state index in [0.29, 0.717) is 25.3 Å². The van der Waals surface area contributed by atoms with Crippen molar-refractivity contribution in [2.75, 3.05) is 19.6 Å². The third-order valence-electron chi connectivity index (χ3n) is 8.48. The van der Waals surface area contributed by atoms with Gasteiger partial charge in [-0.25, -0.2) is 4.98 Å². The van der Waals surface area contributed by atoms with E-state index >= 15 is 0 Å². The summed E-state index contributed by atoms with van der Waals surface area (Å²) >= 11 is 1.68. The molecule has 1 aromatic carbocycles. The summed E-state index contributed by atoms with van der Waals surface area (Å²) < 4.78 is 0. The zero-order valence-corrected chi connectivity index (χ0v) is 23.6. The first-order chi connectivity index (χ1) is 17.6. The Morgan fingerprint density at radius 1 is 1.08 bits per heavy atom. The average molecular weight is 545 g/mol. The molecule has 1 saturated carbocycles. The zero-order chi connectivity index (χ0) is 25.0. The lowest BCUT2D eigenvalue weighted by molar-refractivity contribution is -0.162. The molecule has 6 nitrogen and oxygen atoms in total. The normalized spacial score (nSPS) is 22.6. The Morgan fingerprint density at radius 3 is 2.51 bits per heavy atom. The van der Waals surface area contributed by atoms with Gasteiger partial charge in [-0.2, -0.15) is 0 Å². The predicted octanol–water partition coefficient (Wildman–Crippen LogP) is 5.66. The molecule has 1 atom stereocenters. The van der Waals surface area contributed by atoms with Crippen molar-refractivity contribution < 1.29 is 9.59 Å². The Hall–Kier alpha value is -1.96. The first-order valence-electron chi connectivity index (χ1n) is 13.9. The molecule has 2 amide bonds. The molecule has 2 aromatic rings. The smallest absolute Gasteiger partial charge is 0.246 e. The molecular formula is C29H41ClN4O2S. The summed E-state index contributed by atoms with van der Waals surface area (Å²) in [6.07, 6.45) is 10.4. The number of benzene rings is 1. The maximum absolute atomic E-state index is 13.7. The van der Waals surface area contributed by atoms with E-state index in [2.05, 4.69) is 34.7 Å². The highest BCUT2D eigenvalue weighted by atomic mass is 35.5. The molecule has 2 saturated heterocycles. The lowest BCUT2D eigenvalue weighted by Crippen LogP contribution is -2.73. The fraction of sp³-hybridized carbons (Fsp3) is 0.621. The second-order valence-corrected chi connectivity index (χ2v) is 11.8. The third-order valence-corrected chi connectivity index (χ3v) is 9.42. The Kier molecular flexibility index (Phi) is 9.65. The maximum Gasteiger partial charge on any atom is 0.246 e. The van der Waals surface area contributed by atoms with Crippen LogP contribution in [0.15, 0.2) is 35.7 Å². The Bertz CT molecular complexity index is 1030. The molecule has 0 bridgehead atoms. The number of likely N-dealkylation sites (tertiary alicyclic amines) is 1.